The highest BCUT2D eigenvalue weighted by Crippen LogP contribution is 2.39. The van der Waals surface area contributed by atoms with Crippen LogP contribution < -0.4 is 15.4 Å². The number of thiol groups is 1. The Kier molecular flexibility index (Phi) is 8.30. The van der Waals surface area contributed by atoms with Crippen LogP contribution >= 0.6 is 24.2 Å². The minimum Gasteiger partial charge on any atom is -0.452 e. The van der Waals surface area contributed by atoms with Gasteiger partial charge < -0.3 is 24.9 Å². The molecule has 11 heteroatoms. The number of halogens is 3. The molecule has 2 aromatic heterocycles. The zero-order valence-electron chi connectivity index (χ0n) is 19.2. The molecule has 1 aliphatic heterocycles. The maximum atomic E-state index is 13.1. The maximum absolute atomic E-state index is 13.1. The van der Waals surface area contributed by atoms with Crippen molar-refractivity contribution in [1.82, 2.24) is 10.3 Å². The van der Waals surface area contributed by atoms with Crippen molar-refractivity contribution in [2.24, 2.45) is 0 Å². The summed E-state index contributed by atoms with van der Waals surface area (Å²) in [4.78, 5) is 17.6. The number of carbonyl (C=O) groups excluding carboxylic acids is 1. The first-order valence-corrected chi connectivity index (χ1v) is 12.0. The first-order valence-electron chi connectivity index (χ1n) is 11.2. The Hall–Kier alpha value is -2.92. The Balaban J connectivity index is 0.000000375. The fourth-order valence-electron chi connectivity index (χ4n) is 3.90. The number of rotatable bonds is 4. The molecule has 2 aromatic carbocycles. The lowest BCUT2D eigenvalue weighted by Crippen LogP contribution is -2.30. The number of hydrogen-bond donors (Lipinski definition) is 4. The average molecular weight is 536 g/mol. The third-order valence-corrected chi connectivity index (χ3v) is 6.23. The van der Waals surface area contributed by atoms with Crippen LogP contribution in [0.2, 0.25) is 5.02 Å². The SMILES string of the molecule is Cc1cncc(Cl)c1NC(=O)c1ccc(OC(F)F)c2oc3ccc(S)cc3c12.OC1CCNCC1. The number of aliphatic hydroxyl groups is 1. The molecule has 0 bridgehead atoms. The summed E-state index contributed by atoms with van der Waals surface area (Å²) in [5.74, 6) is -0.649. The lowest BCUT2D eigenvalue weighted by Gasteiger charge is -2.16. The first-order chi connectivity index (χ1) is 17.2. The number of aromatic nitrogens is 1. The number of aryl methyl sites for hydroxylation is 1. The van der Waals surface area contributed by atoms with Crippen LogP contribution in [0.1, 0.15) is 28.8 Å². The topological polar surface area (TPSA) is 96.6 Å². The van der Waals surface area contributed by atoms with E-state index in [9.17, 15) is 13.6 Å². The molecule has 190 valence electrons. The molecule has 0 atom stereocenters. The molecule has 0 spiro atoms. The van der Waals surface area contributed by atoms with E-state index in [4.69, 9.17) is 21.1 Å². The highest BCUT2D eigenvalue weighted by Gasteiger charge is 2.22. The summed E-state index contributed by atoms with van der Waals surface area (Å²) in [5.41, 5.74) is 1.76. The minimum atomic E-state index is -3.04. The second kappa shape index (κ2) is 11.4. The summed E-state index contributed by atoms with van der Waals surface area (Å²) >= 11 is 10.5. The number of fused-ring (bicyclic) bond motifs is 3. The van der Waals surface area contributed by atoms with E-state index in [1.54, 1.807) is 31.3 Å². The van der Waals surface area contributed by atoms with Gasteiger partial charge in [0.25, 0.3) is 5.91 Å². The number of amides is 1. The summed E-state index contributed by atoms with van der Waals surface area (Å²) in [6, 6.07) is 7.71. The predicted molar refractivity (Wildman–Crippen MR) is 138 cm³/mol. The van der Waals surface area contributed by atoms with Gasteiger partial charge in [0.05, 0.1) is 22.4 Å². The van der Waals surface area contributed by atoms with Gasteiger partial charge in [-0.25, -0.2) is 0 Å². The van der Waals surface area contributed by atoms with E-state index >= 15 is 0 Å². The summed E-state index contributed by atoms with van der Waals surface area (Å²) in [6.45, 7) is 0.691. The fraction of sp³-hybridized carbons (Fsp3) is 0.280. The summed E-state index contributed by atoms with van der Waals surface area (Å²) < 4.78 is 35.9. The van der Waals surface area contributed by atoms with Gasteiger partial charge in [-0.3, -0.25) is 9.78 Å². The van der Waals surface area contributed by atoms with Gasteiger partial charge in [-0.05, 0) is 68.8 Å². The quantitative estimate of drug-likeness (QED) is 0.246. The van der Waals surface area contributed by atoms with Crippen molar-refractivity contribution in [2.75, 3.05) is 18.4 Å². The Morgan fingerprint density at radius 3 is 2.67 bits per heavy atom. The minimum absolute atomic E-state index is 0.0266. The largest absolute Gasteiger partial charge is 0.452 e. The molecule has 0 saturated carbocycles. The van der Waals surface area contributed by atoms with Gasteiger partial charge in [0.2, 0.25) is 0 Å². The van der Waals surface area contributed by atoms with Crippen LogP contribution in [0.5, 0.6) is 5.75 Å². The summed E-state index contributed by atoms with van der Waals surface area (Å²) in [7, 11) is 0. The van der Waals surface area contributed by atoms with Crippen LogP contribution in [0.25, 0.3) is 21.9 Å². The van der Waals surface area contributed by atoms with Crippen molar-refractivity contribution in [3.63, 3.8) is 0 Å². The number of benzene rings is 2. The van der Waals surface area contributed by atoms with Crippen molar-refractivity contribution in [3.8, 4) is 5.75 Å². The average Bonchev–Trinajstić information content (AvgIpc) is 3.21. The number of furan rings is 1. The second-order valence-corrected chi connectivity index (χ2v) is 9.15. The Morgan fingerprint density at radius 1 is 1.28 bits per heavy atom. The highest BCUT2D eigenvalue weighted by atomic mass is 35.5. The number of nitrogens with zero attached hydrogens (tertiary/aromatic N) is 1. The van der Waals surface area contributed by atoms with Crippen LogP contribution in [0.15, 0.2) is 52.0 Å². The van der Waals surface area contributed by atoms with Gasteiger partial charge in [0.1, 0.15) is 5.58 Å². The van der Waals surface area contributed by atoms with Crippen molar-refractivity contribution in [1.29, 1.82) is 0 Å². The number of ether oxygens (including phenoxy) is 1. The van der Waals surface area contributed by atoms with Gasteiger partial charge in [-0.15, -0.1) is 12.6 Å². The molecule has 1 amide bonds. The highest BCUT2D eigenvalue weighted by molar-refractivity contribution is 7.80. The van der Waals surface area contributed by atoms with Gasteiger partial charge in [-0.1, -0.05) is 11.6 Å². The molecular weight excluding hydrogens is 512 g/mol. The van der Waals surface area contributed by atoms with Crippen LogP contribution in [0.3, 0.4) is 0 Å². The summed E-state index contributed by atoms with van der Waals surface area (Å²) in [5, 5.41) is 16.0. The zero-order chi connectivity index (χ0) is 25.8. The molecule has 1 aliphatic rings. The molecule has 1 fully saturated rings. The number of carbonyl (C=O) groups is 1. The molecule has 5 rings (SSSR count). The second-order valence-electron chi connectivity index (χ2n) is 8.22. The molecule has 36 heavy (non-hydrogen) atoms. The van der Waals surface area contributed by atoms with Crippen LogP contribution in [0.4, 0.5) is 14.5 Å². The number of nitrogens with one attached hydrogen (secondary N) is 2. The Labute approximate surface area is 216 Å². The molecule has 3 N–H and O–H groups in total. The summed E-state index contributed by atoms with van der Waals surface area (Å²) in [6.07, 6.45) is 4.82. The predicted octanol–water partition coefficient (Wildman–Crippen LogP) is 5.82. The van der Waals surface area contributed by atoms with E-state index in [1.165, 1.54) is 18.3 Å². The standard InChI is InChI=1S/C20H13ClF2N2O3S.C5H11NO/c1-9-7-24-8-13(21)17(9)25-19(26)11-3-5-15(28-20(22)23)18-16(11)12-6-10(29)2-4-14(12)27-18;7-5-1-3-6-4-2-5/h2-8,20,29H,1H3,(H,24,25,26);5-7H,1-4H2. The Bertz CT molecular complexity index is 1370. The molecule has 0 unspecified atom stereocenters. The molecule has 4 aromatic rings. The van der Waals surface area contributed by atoms with Crippen molar-refractivity contribution < 1.29 is 27.8 Å². The Morgan fingerprint density at radius 2 is 2.03 bits per heavy atom. The normalized spacial score (nSPS) is 14.1. The van der Waals surface area contributed by atoms with Gasteiger partial charge in [-0.2, -0.15) is 8.78 Å². The number of anilines is 1. The van der Waals surface area contributed by atoms with Crippen LogP contribution in [-0.2, 0) is 0 Å². The van der Waals surface area contributed by atoms with E-state index in [-0.39, 0.29) is 28.0 Å². The molecule has 7 nitrogen and oxygen atoms in total. The van der Waals surface area contributed by atoms with E-state index in [0.717, 1.165) is 25.9 Å². The number of aliphatic hydroxyl groups excluding tert-OH is 1. The molecule has 0 radical (unpaired) electrons. The number of alkyl halides is 2. The van der Waals surface area contributed by atoms with Gasteiger partial charge in [0.15, 0.2) is 11.3 Å². The maximum Gasteiger partial charge on any atom is 0.387 e. The number of hydrogen-bond acceptors (Lipinski definition) is 7. The third kappa shape index (κ3) is 5.89. The van der Waals surface area contributed by atoms with E-state index in [0.29, 0.717) is 32.5 Å². The van der Waals surface area contributed by atoms with Crippen LogP contribution in [0, 0.1) is 6.92 Å². The number of pyridine rings is 1. The smallest absolute Gasteiger partial charge is 0.387 e. The van der Waals surface area contributed by atoms with Crippen molar-refractivity contribution >= 4 is 57.8 Å². The van der Waals surface area contributed by atoms with Gasteiger partial charge in [0, 0.05) is 28.1 Å². The van der Waals surface area contributed by atoms with Gasteiger partial charge >= 0.3 is 6.61 Å². The molecule has 0 aliphatic carbocycles. The lowest BCUT2D eigenvalue weighted by molar-refractivity contribution is -0.0493. The lowest BCUT2D eigenvalue weighted by atomic mass is 10.0. The third-order valence-electron chi connectivity index (χ3n) is 5.66. The number of piperidine rings is 1. The van der Waals surface area contributed by atoms with Crippen molar-refractivity contribution in [2.45, 2.75) is 37.4 Å². The van der Waals surface area contributed by atoms with E-state index < -0.39 is 12.5 Å². The first kappa shape index (κ1) is 26.2. The zero-order valence-corrected chi connectivity index (χ0v) is 20.9. The monoisotopic (exact) mass is 535 g/mol. The molecule has 1 saturated heterocycles. The van der Waals surface area contributed by atoms with Crippen LogP contribution in [-0.4, -0.2) is 41.8 Å². The molecule has 3 heterocycles. The van der Waals surface area contributed by atoms with E-state index in [1.807, 2.05) is 0 Å². The fourth-order valence-corrected chi connectivity index (χ4v) is 4.36. The van der Waals surface area contributed by atoms with E-state index in [2.05, 4.69) is 33.0 Å². The molecular formula is C25H24ClF2N3O4S. The van der Waals surface area contributed by atoms with Crippen molar-refractivity contribution in [3.05, 3.63) is 58.9 Å².